The van der Waals surface area contributed by atoms with Gasteiger partial charge in [0.05, 0.1) is 12.7 Å². The van der Waals surface area contributed by atoms with E-state index in [1.165, 1.54) is 11.1 Å². The highest BCUT2D eigenvalue weighted by molar-refractivity contribution is 5.36. The predicted octanol–water partition coefficient (Wildman–Crippen LogP) is 2.68. The van der Waals surface area contributed by atoms with Crippen LogP contribution in [0.1, 0.15) is 44.7 Å². The van der Waals surface area contributed by atoms with Crippen molar-refractivity contribution in [1.29, 1.82) is 0 Å². The van der Waals surface area contributed by atoms with Gasteiger partial charge < -0.3 is 15.6 Å². The lowest BCUT2D eigenvalue weighted by Gasteiger charge is -2.16. The first-order chi connectivity index (χ1) is 9.08. The maximum absolute atomic E-state index is 9.77. The molecule has 0 aromatic heterocycles. The van der Waals surface area contributed by atoms with Crippen LogP contribution in [0.25, 0.3) is 0 Å². The van der Waals surface area contributed by atoms with Gasteiger partial charge in [0.2, 0.25) is 0 Å². The zero-order valence-corrected chi connectivity index (χ0v) is 12.4. The molecule has 0 spiro atoms. The van der Waals surface area contributed by atoms with Gasteiger partial charge in [-0.3, -0.25) is 0 Å². The van der Waals surface area contributed by atoms with Crippen molar-refractivity contribution >= 4 is 0 Å². The molecule has 0 amide bonds. The Morgan fingerprint density at radius 3 is 2.58 bits per heavy atom. The average Bonchev–Trinajstić information content (AvgIpc) is 2.42. The summed E-state index contributed by atoms with van der Waals surface area (Å²) in [7, 11) is 0. The molecular weight excluding hydrogens is 238 g/mol. The second-order valence-electron chi connectivity index (χ2n) is 5.10. The fourth-order valence-electron chi connectivity index (χ4n) is 2.05. The molecule has 0 aliphatic carbocycles. The molecule has 108 valence electrons. The Hall–Kier alpha value is -1.06. The van der Waals surface area contributed by atoms with Crippen molar-refractivity contribution in [2.75, 3.05) is 6.61 Å². The summed E-state index contributed by atoms with van der Waals surface area (Å²) in [6.45, 7) is 6.84. The van der Waals surface area contributed by atoms with Gasteiger partial charge in [0.15, 0.2) is 0 Å². The summed E-state index contributed by atoms with van der Waals surface area (Å²) in [4.78, 5) is 0. The van der Waals surface area contributed by atoms with Crippen LogP contribution < -0.4 is 10.5 Å². The molecule has 0 radical (unpaired) electrons. The minimum absolute atomic E-state index is 0.169. The van der Waals surface area contributed by atoms with Crippen LogP contribution in [-0.2, 0) is 12.8 Å². The van der Waals surface area contributed by atoms with Crippen molar-refractivity contribution in [3.63, 3.8) is 0 Å². The van der Waals surface area contributed by atoms with Gasteiger partial charge in [-0.25, -0.2) is 0 Å². The van der Waals surface area contributed by atoms with Crippen LogP contribution >= 0.6 is 0 Å². The second-order valence-corrected chi connectivity index (χ2v) is 5.10. The maximum Gasteiger partial charge on any atom is 0.119 e. The number of benzene rings is 1. The van der Waals surface area contributed by atoms with E-state index in [4.69, 9.17) is 10.5 Å². The van der Waals surface area contributed by atoms with Gasteiger partial charge in [-0.05, 0) is 55.9 Å². The molecule has 0 saturated carbocycles. The number of hydrogen-bond donors (Lipinski definition) is 2. The summed E-state index contributed by atoms with van der Waals surface area (Å²) < 4.78 is 5.65. The Bertz CT molecular complexity index is 377. The Morgan fingerprint density at radius 2 is 2.00 bits per heavy atom. The van der Waals surface area contributed by atoms with Crippen molar-refractivity contribution in [3.8, 4) is 5.75 Å². The number of hydrogen-bond acceptors (Lipinski definition) is 3. The molecule has 0 aliphatic heterocycles. The topological polar surface area (TPSA) is 55.5 Å². The van der Waals surface area contributed by atoms with E-state index in [0.717, 1.165) is 31.6 Å². The molecule has 0 heterocycles. The third kappa shape index (κ3) is 5.21. The lowest BCUT2D eigenvalue weighted by Crippen LogP contribution is -2.31. The largest absolute Gasteiger partial charge is 0.494 e. The highest BCUT2D eigenvalue weighted by atomic mass is 16.5. The van der Waals surface area contributed by atoms with Gasteiger partial charge in [0, 0.05) is 6.04 Å². The third-order valence-corrected chi connectivity index (χ3v) is 3.35. The van der Waals surface area contributed by atoms with E-state index in [9.17, 15) is 5.11 Å². The van der Waals surface area contributed by atoms with Crippen LogP contribution in [0.4, 0.5) is 0 Å². The normalized spacial score (nSPS) is 14.2. The molecular formula is C16H27NO2. The minimum Gasteiger partial charge on any atom is -0.494 e. The van der Waals surface area contributed by atoms with Gasteiger partial charge in [0.1, 0.15) is 5.75 Å². The number of ether oxygens (including phenoxy) is 1. The van der Waals surface area contributed by atoms with Gasteiger partial charge in [-0.1, -0.05) is 19.9 Å². The van der Waals surface area contributed by atoms with E-state index in [2.05, 4.69) is 26.0 Å². The van der Waals surface area contributed by atoms with Gasteiger partial charge >= 0.3 is 0 Å². The first-order valence-electron chi connectivity index (χ1n) is 7.26. The highest BCUT2D eigenvalue weighted by Gasteiger charge is 2.11. The smallest absolute Gasteiger partial charge is 0.119 e. The molecule has 3 N–H and O–H groups in total. The van der Waals surface area contributed by atoms with Crippen molar-refractivity contribution in [2.24, 2.45) is 5.73 Å². The zero-order valence-electron chi connectivity index (χ0n) is 12.4. The second kappa shape index (κ2) is 8.18. The molecule has 1 aromatic carbocycles. The van der Waals surface area contributed by atoms with Crippen LogP contribution in [0.5, 0.6) is 5.75 Å². The average molecular weight is 265 g/mol. The van der Waals surface area contributed by atoms with Gasteiger partial charge in [0.25, 0.3) is 0 Å². The zero-order chi connectivity index (χ0) is 14.3. The summed E-state index contributed by atoms with van der Waals surface area (Å²) >= 11 is 0. The monoisotopic (exact) mass is 265 g/mol. The molecule has 3 heteroatoms. The summed E-state index contributed by atoms with van der Waals surface area (Å²) in [5.74, 6) is 0.940. The lowest BCUT2D eigenvalue weighted by molar-refractivity contribution is 0.141. The van der Waals surface area contributed by atoms with Crippen LogP contribution in [0, 0.1) is 0 Å². The number of aryl methyl sites for hydroxylation is 2. The summed E-state index contributed by atoms with van der Waals surface area (Å²) in [6, 6.07) is 6.07. The fraction of sp³-hybridized carbons (Fsp3) is 0.625. The number of nitrogens with two attached hydrogens (primary N) is 1. The molecule has 19 heavy (non-hydrogen) atoms. The third-order valence-electron chi connectivity index (χ3n) is 3.35. The molecule has 2 unspecified atom stereocenters. The van der Waals surface area contributed by atoms with E-state index >= 15 is 0 Å². The quantitative estimate of drug-likeness (QED) is 0.760. The lowest BCUT2D eigenvalue weighted by atomic mass is 9.97. The van der Waals surface area contributed by atoms with E-state index < -0.39 is 6.10 Å². The van der Waals surface area contributed by atoms with Crippen molar-refractivity contribution in [1.82, 2.24) is 0 Å². The Labute approximate surface area is 116 Å². The van der Waals surface area contributed by atoms with E-state index in [1.54, 1.807) is 0 Å². The fourth-order valence-corrected chi connectivity index (χ4v) is 2.05. The first kappa shape index (κ1) is 16.0. The minimum atomic E-state index is -0.430. The summed E-state index contributed by atoms with van der Waals surface area (Å²) in [5.41, 5.74) is 8.26. The van der Waals surface area contributed by atoms with E-state index in [0.29, 0.717) is 6.42 Å². The Morgan fingerprint density at radius 1 is 1.26 bits per heavy atom. The molecule has 1 aromatic rings. The molecule has 0 saturated heterocycles. The van der Waals surface area contributed by atoms with E-state index in [-0.39, 0.29) is 6.04 Å². The van der Waals surface area contributed by atoms with Crippen LogP contribution in [-0.4, -0.2) is 23.9 Å². The summed E-state index contributed by atoms with van der Waals surface area (Å²) in [6.07, 6.45) is 3.14. The molecule has 2 atom stereocenters. The number of aliphatic hydroxyl groups excluding tert-OH is 1. The van der Waals surface area contributed by atoms with Gasteiger partial charge in [-0.2, -0.15) is 0 Å². The first-order valence-corrected chi connectivity index (χ1v) is 7.26. The number of aliphatic hydroxyl groups is 1. The van der Waals surface area contributed by atoms with Crippen molar-refractivity contribution < 1.29 is 9.84 Å². The highest BCUT2D eigenvalue weighted by Crippen LogP contribution is 2.20. The molecule has 0 aliphatic rings. The Balaban J connectivity index is 2.67. The van der Waals surface area contributed by atoms with Crippen LogP contribution in [0.2, 0.25) is 0 Å². The molecule has 3 nitrogen and oxygen atoms in total. The predicted molar refractivity (Wildman–Crippen MR) is 79.6 cm³/mol. The van der Waals surface area contributed by atoms with Gasteiger partial charge in [-0.15, -0.1) is 0 Å². The number of rotatable bonds is 8. The van der Waals surface area contributed by atoms with Crippen LogP contribution in [0.3, 0.4) is 0 Å². The van der Waals surface area contributed by atoms with Crippen molar-refractivity contribution in [2.45, 2.75) is 58.6 Å². The van der Waals surface area contributed by atoms with E-state index in [1.807, 2.05) is 13.0 Å². The SMILES string of the molecule is CCCOc1ccc(CCC(O)C(C)N)c(CC)c1. The van der Waals surface area contributed by atoms with Crippen molar-refractivity contribution in [3.05, 3.63) is 29.3 Å². The Kier molecular flexibility index (Phi) is 6.89. The summed E-state index contributed by atoms with van der Waals surface area (Å²) in [5, 5.41) is 9.77. The molecule has 0 fully saturated rings. The van der Waals surface area contributed by atoms with Crippen LogP contribution in [0.15, 0.2) is 18.2 Å². The maximum atomic E-state index is 9.77. The molecule has 0 bridgehead atoms. The molecule has 1 rings (SSSR count). The standard InChI is InChI=1S/C16H27NO2/c1-4-10-19-15-8-6-14(13(5-2)11-15)7-9-16(18)12(3)17/h6,8,11-12,16,18H,4-5,7,9-10,17H2,1-3H3.